The van der Waals surface area contributed by atoms with E-state index in [2.05, 4.69) is 17.0 Å². The molecule has 4 heteroatoms. The van der Waals surface area contributed by atoms with Crippen molar-refractivity contribution in [3.63, 3.8) is 0 Å². The van der Waals surface area contributed by atoms with Crippen LogP contribution < -0.4 is 10.5 Å². The van der Waals surface area contributed by atoms with Crippen LogP contribution in [0, 0.1) is 0 Å². The Morgan fingerprint density at radius 2 is 1.95 bits per heavy atom. The standard InChI is InChI=1S/C15H26N2O2/c1-13(18)8-10-17(2)11-12-19-15-5-3-14(4-6-15)7-9-16/h3-6,13,18H,7-12,16H2,1-2H3. The molecule has 1 aromatic carbocycles. The van der Waals surface area contributed by atoms with Gasteiger partial charge in [0, 0.05) is 13.1 Å². The summed E-state index contributed by atoms with van der Waals surface area (Å²) in [5, 5.41) is 9.21. The van der Waals surface area contributed by atoms with Crippen molar-refractivity contribution < 1.29 is 9.84 Å². The molecule has 0 saturated carbocycles. The number of hydrogen-bond donors (Lipinski definition) is 2. The van der Waals surface area contributed by atoms with Crippen LogP contribution in [0.3, 0.4) is 0 Å². The number of aliphatic hydroxyl groups excluding tert-OH is 1. The highest BCUT2D eigenvalue weighted by Gasteiger charge is 2.02. The van der Waals surface area contributed by atoms with E-state index >= 15 is 0 Å². The third-order valence-corrected chi connectivity index (χ3v) is 3.03. The van der Waals surface area contributed by atoms with Gasteiger partial charge >= 0.3 is 0 Å². The highest BCUT2D eigenvalue weighted by molar-refractivity contribution is 5.27. The predicted molar refractivity (Wildman–Crippen MR) is 78.5 cm³/mol. The van der Waals surface area contributed by atoms with Gasteiger partial charge in [-0.3, -0.25) is 0 Å². The van der Waals surface area contributed by atoms with E-state index in [0.29, 0.717) is 13.2 Å². The summed E-state index contributed by atoms with van der Waals surface area (Å²) in [6.45, 7) is 4.89. The molecule has 0 spiro atoms. The minimum atomic E-state index is -0.238. The highest BCUT2D eigenvalue weighted by atomic mass is 16.5. The van der Waals surface area contributed by atoms with Gasteiger partial charge in [0.05, 0.1) is 6.10 Å². The zero-order valence-electron chi connectivity index (χ0n) is 12.0. The van der Waals surface area contributed by atoms with Gasteiger partial charge in [0.15, 0.2) is 0 Å². The van der Waals surface area contributed by atoms with Crippen molar-refractivity contribution in [1.29, 1.82) is 0 Å². The second-order valence-corrected chi connectivity index (χ2v) is 4.97. The van der Waals surface area contributed by atoms with Gasteiger partial charge in [-0.1, -0.05) is 12.1 Å². The number of nitrogens with two attached hydrogens (primary N) is 1. The van der Waals surface area contributed by atoms with E-state index in [1.54, 1.807) is 0 Å². The van der Waals surface area contributed by atoms with Gasteiger partial charge in [0.2, 0.25) is 0 Å². The van der Waals surface area contributed by atoms with Gasteiger partial charge in [-0.2, -0.15) is 0 Å². The molecule has 0 aliphatic rings. The Balaban J connectivity index is 2.21. The Morgan fingerprint density at radius 3 is 2.53 bits per heavy atom. The number of hydrogen-bond acceptors (Lipinski definition) is 4. The maximum absolute atomic E-state index is 9.21. The van der Waals surface area contributed by atoms with Crippen molar-refractivity contribution >= 4 is 0 Å². The summed E-state index contributed by atoms with van der Waals surface area (Å²) in [6.07, 6.45) is 1.46. The summed E-state index contributed by atoms with van der Waals surface area (Å²) in [6, 6.07) is 8.08. The number of aliphatic hydroxyl groups is 1. The Kier molecular flexibility index (Phi) is 7.48. The fraction of sp³-hybridized carbons (Fsp3) is 0.600. The first kappa shape index (κ1) is 16.0. The van der Waals surface area contributed by atoms with Crippen LogP contribution in [0.2, 0.25) is 0 Å². The van der Waals surface area contributed by atoms with Crippen LogP contribution in [0.25, 0.3) is 0 Å². The minimum Gasteiger partial charge on any atom is -0.492 e. The molecule has 1 rings (SSSR count). The second-order valence-electron chi connectivity index (χ2n) is 4.97. The predicted octanol–water partition coefficient (Wildman–Crippen LogP) is 1.27. The van der Waals surface area contributed by atoms with E-state index in [1.165, 1.54) is 5.56 Å². The van der Waals surface area contributed by atoms with E-state index in [1.807, 2.05) is 26.1 Å². The lowest BCUT2D eigenvalue weighted by molar-refractivity contribution is 0.157. The third-order valence-electron chi connectivity index (χ3n) is 3.03. The van der Waals surface area contributed by atoms with Crippen LogP contribution in [-0.2, 0) is 6.42 Å². The normalized spacial score (nSPS) is 12.7. The number of nitrogens with zero attached hydrogens (tertiary/aromatic N) is 1. The zero-order valence-corrected chi connectivity index (χ0v) is 12.0. The van der Waals surface area contributed by atoms with E-state index in [4.69, 9.17) is 10.5 Å². The molecular weight excluding hydrogens is 240 g/mol. The molecule has 0 amide bonds. The lowest BCUT2D eigenvalue weighted by Crippen LogP contribution is -2.27. The van der Waals surface area contributed by atoms with Gasteiger partial charge in [0.25, 0.3) is 0 Å². The van der Waals surface area contributed by atoms with Crippen LogP contribution in [0.1, 0.15) is 18.9 Å². The number of likely N-dealkylation sites (N-methyl/N-ethyl adjacent to an activating group) is 1. The summed E-state index contributed by atoms with van der Waals surface area (Å²) in [5.41, 5.74) is 6.75. The van der Waals surface area contributed by atoms with Gasteiger partial charge in [-0.15, -0.1) is 0 Å². The molecule has 1 unspecified atom stereocenters. The van der Waals surface area contributed by atoms with Crippen molar-refractivity contribution in [3.05, 3.63) is 29.8 Å². The van der Waals surface area contributed by atoms with Crippen LogP contribution in [0.15, 0.2) is 24.3 Å². The number of benzene rings is 1. The first-order valence-electron chi connectivity index (χ1n) is 6.90. The van der Waals surface area contributed by atoms with Crippen LogP contribution >= 0.6 is 0 Å². The summed E-state index contributed by atoms with van der Waals surface area (Å²) in [4.78, 5) is 2.16. The first-order valence-corrected chi connectivity index (χ1v) is 6.90. The first-order chi connectivity index (χ1) is 9.11. The maximum Gasteiger partial charge on any atom is 0.119 e. The van der Waals surface area contributed by atoms with Gasteiger partial charge in [0.1, 0.15) is 12.4 Å². The molecule has 0 aliphatic carbocycles. The summed E-state index contributed by atoms with van der Waals surface area (Å²) >= 11 is 0. The molecule has 108 valence electrons. The lowest BCUT2D eigenvalue weighted by atomic mass is 10.1. The Hall–Kier alpha value is -1.10. The van der Waals surface area contributed by atoms with Crippen LogP contribution in [0.5, 0.6) is 5.75 Å². The average Bonchev–Trinajstić information content (AvgIpc) is 2.39. The molecule has 0 aromatic heterocycles. The van der Waals surface area contributed by atoms with Crippen molar-refractivity contribution in [3.8, 4) is 5.75 Å². The number of rotatable bonds is 9. The zero-order chi connectivity index (χ0) is 14.1. The summed E-state index contributed by atoms with van der Waals surface area (Å²) in [5.74, 6) is 0.893. The molecule has 3 N–H and O–H groups in total. The summed E-state index contributed by atoms with van der Waals surface area (Å²) in [7, 11) is 2.04. The van der Waals surface area contributed by atoms with Gasteiger partial charge < -0.3 is 20.5 Å². The Morgan fingerprint density at radius 1 is 1.26 bits per heavy atom. The van der Waals surface area contributed by atoms with Gasteiger partial charge in [-0.05, 0) is 51.1 Å². The average molecular weight is 266 g/mol. The van der Waals surface area contributed by atoms with E-state index in [0.717, 1.165) is 31.7 Å². The topological polar surface area (TPSA) is 58.7 Å². The molecule has 0 heterocycles. The smallest absolute Gasteiger partial charge is 0.119 e. The van der Waals surface area contributed by atoms with Crippen LogP contribution in [0.4, 0.5) is 0 Å². The second kappa shape index (κ2) is 8.91. The van der Waals surface area contributed by atoms with Crippen molar-refractivity contribution in [2.45, 2.75) is 25.9 Å². The molecule has 19 heavy (non-hydrogen) atoms. The van der Waals surface area contributed by atoms with Gasteiger partial charge in [-0.25, -0.2) is 0 Å². The third kappa shape index (κ3) is 7.15. The SMILES string of the molecule is CC(O)CCN(C)CCOc1ccc(CCN)cc1. The maximum atomic E-state index is 9.21. The van der Waals surface area contributed by atoms with Crippen molar-refractivity contribution in [1.82, 2.24) is 4.90 Å². The summed E-state index contributed by atoms with van der Waals surface area (Å²) < 4.78 is 5.68. The molecule has 1 aromatic rings. The molecule has 0 saturated heterocycles. The quantitative estimate of drug-likeness (QED) is 0.706. The minimum absolute atomic E-state index is 0.238. The molecule has 0 radical (unpaired) electrons. The van der Waals surface area contributed by atoms with Crippen molar-refractivity contribution in [2.24, 2.45) is 5.73 Å². The Bertz CT molecular complexity index is 339. The monoisotopic (exact) mass is 266 g/mol. The van der Waals surface area contributed by atoms with E-state index in [9.17, 15) is 5.11 Å². The van der Waals surface area contributed by atoms with Crippen molar-refractivity contribution in [2.75, 3.05) is 33.3 Å². The fourth-order valence-electron chi connectivity index (χ4n) is 1.76. The van der Waals surface area contributed by atoms with Crippen LogP contribution in [-0.4, -0.2) is 49.4 Å². The molecule has 0 fully saturated rings. The van der Waals surface area contributed by atoms with E-state index in [-0.39, 0.29) is 6.10 Å². The molecule has 0 bridgehead atoms. The fourth-order valence-corrected chi connectivity index (χ4v) is 1.76. The highest BCUT2D eigenvalue weighted by Crippen LogP contribution is 2.12. The lowest BCUT2D eigenvalue weighted by Gasteiger charge is -2.17. The Labute approximate surface area is 116 Å². The largest absolute Gasteiger partial charge is 0.492 e. The molecule has 4 nitrogen and oxygen atoms in total. The molecular formula is C15H26N2O2. The van der Waals surface area contributed by atoms with E-state index < -0.39 is 0 Å². The number of ether oxygens (including phenoxy) is 1. The molecule has 1 atom stereocenters. The molecule has 0 aliphatic heterocycles.